The molecule has 0 radical (unpaired) electrons. The Balaban J connectivity index is 1.39. The molecule has 0 bridgehead atoms. The van der Waals surface area contributed by atoms with Crippen LogP contribution in [0.3, 0.4) is 0 Å². The topological polar surface area (TPSA) is 78.8 Å². The predicted octanol–water partition coefficient (Wildman–Crippen LogP) is 6.19. The lowest BCUT2D eigenvalue weighted by Crippen LogP contribution is -2.26. The van der Waals surface area contributed by atoms with Crippen molar-refractivity contribution in [3.8, 4) is 0 Å². The highest BCUT2D eigenvalue weighted by molar-refractivity contribution is 7.92. The summed E-state index contributed by atoms with van der Waals surface area (Å²) in [6, 6.07) is 25.8. The van der Waals surface area contributed by atoms with Crippen LogP contribution in [0.1, 0.15) is 33.3 Å². The number of thiophene rings is 1. The third kappa shape index (κ3) is 5.00. The van der Waals surface area contributed by atoms with E-state index < -0.39 is 10.0 Å². The standard InChI is InChI=1S/C26H20ClN3O3S2/c27-20-10-14-22(15-11-20)35(32,33)29-21-12-8-18(9-13-21)23-17-24(25-7-4-16-34-25)30(28-23)26(31)19-5-2-1-3-6-19/h1-16,24,29H,17H2. The van der Waals surface area contributed by atoms with E-state index in [1.165, 1.54) is 24.3 Å². The Morgan fingerprint density at radius 2 is 1.66 bits per heavy atom. The van der Waals surface area contributed by atoms with Gasteiger partial charge in [-0.25, -0.2) is 13.4 Å². The molecule has 1 aromatic heterocycles. The first-order valence-electron chi connectivity index (χ1n) is 10.8. The van der Waals surface area contributed by atoms with Crippen molar-refractivity contribution in [2.24, 2.45) is 5.10 Å². The number of hydrogen-bond donors (Lipinski definition) is 1. The summed E-state index contributed by atoms with van der Waals surface area (Å²) in [6.45, 7) is 0. The van der Waals surface area contributed by atoms with E-state index in [0.717, 1.165) is 16.2 Å². The van der Waals surface area contributed by atoms with Gasteiger partial charge in [-0.2, -0.15) is 5.10 Å². The minimum absolute atomic E-state index is 0.125. The van der Waals surface area contributed by atoms with E-state index in [4.69, 9.17) is 11.6 Å². The number of nitrogens with zero attached hydrogens (tertiary/aromatic N) is 2. The first-order chi connectivity index (χ1) is 16.9. The second-order valence-corrected chi connectivity index (χ2v) is 11.0. The number of sulfonamides is 1. The Bertz CT molecular complexity index is 1470. The summed E-state index contributed by atoms with van der Waals surface area (Å²) in [6.07, 6.45) is 0.564. The van der Waals surface area contributed by atoms with E-state index in [1.54, 1.807) is 52.7 Å². The van der Waals surface area contributed by atoms with Gasteiger partial charge in [0.2, 0.25) is 0 Å². The monoisotopic (exact) mass is 521 g/mol. The molecule has 0 spiro atoms. The summed E-state index contributed by atoms with van der Waals surface area (Å²) >= 11 is 7.45. The fraction of sp³-hybridized carbons (Fsp3) is 0.0769. The van der Waals surface area contributed by atoms with Crippen molar-refractivity contribution in [2.75, 3.05) is 4.72 Å². The molecule has 0 aliphatic carbocycles. The fourth-order valence-electron chi connectivity index (χ4n) is 3.85. The van der Waals surface area contributed by atoms with Crippen molar-refractivity contribution in [3.05, 3.63) is 117 Å². The number of carbonyl (C=O) groups excluding carboxylic acids is 1. The minimum atomic E-state index is -3.74. The average molecular weight is 522 g/mol. The summed E-state index contributed by atoms with van der Waals surface area (Å²) in [7, 11) is -3.74. The van der Waals surface area contributed by atoms with Crippen molar-refractivity contribution >= 4 is 50.3 Å². The Hall–Kier alpha value is -3.46. The third-order valence-corrected chi connectivity index (χ3v) is 8.23. The lowest BCUT2D eigenvalue weighted by atomic mass is 10.0. The van der Waals surface area contributed by atoms with Gasteiger partial charge in [0, 0.05) is 27.6 Å². The smallest absolute Gasteiger partial charge is 0.274 e. The van der Waals surface area contributed by atoms with Gasteiger partial charge in [-0.15, -0.1) is 11.3 Å². The largest absolute Gasteiger partial charge is 0.280 e. The quantitative estimate of drug-likeness (QED) is 0.328. The molecule has 1 unspecified atom stereocenters. The number of carbonyl (C=O) groups is 1. The normalized spacial score (nSPS) is 15.6. The molecule has 1 atom stereocenters. The molecule has 1 aliphatic rings. The summed E-state index contributed by atoms with van der Waals surface area (Å²) in [5.41, 5.74) is 2.59. The van der Waals surface area contributed by atoms with Crippen LogP contribution in [0.25, 0.3) is 0 Å². The molecule has 0 fully saturated rings. The van der Waals surface area contributed by atoms with E-state index in [-0.39, 0.29) is 16.8 Å². The number of benzene rings is 3. The zero-order chi connectivity index (χ0) is 24.4. The zero-order valence-electron chi connectivity index (χ0n) is 18.3. The van der Waals surface area contributed by atoms with Gasteiger partial charge in [-0.05, 0) is 65.5 Å². The maximum atomic E-state index is 13.2. The second-order valence-electron chi connectivity index (χ2n) is 7.93. The highest BCUT2D eigenvalue weighted by Crippen LogP contribution is 2.36. The van der Waals surface area contributed by atoms with E-state index >= 15 is 0 Å². The molecule has 1 amide bonds. The van der Waals surface area contributed by atoms with Crippen molar-refractivity contribution < 1.29 is 13.2 Å². The first kappa shape index (κ1) is 23.3. The summed E-state index contributed by atoms with van der Waals surface area (Å²) in [5.74, 6) is -0.161. The van der Waals surface area contributed by atoms with Crippen molar-refractivity contribution in [1.82, 2.24) is 5.01 Å². The van der Waals surface area contributed by atoms with Crippen LogP contribution in [0.4, 0.5) is 5.69 Å². The highest BCUT2D eigenvalue weighted by Gasteiger charge is 2.34. The molecule has 1 aliphatic heterocycles. The van der Waals surface area contributed by atoms with Crippen molar-refractivity contribution in [3.63, 3.8) is 0 Å². The lowest BCUT2D eigenvalue weighted by molar-refractivity contribution is 0.0714. The van der Waals surface area contributed by atoms with Gasteiger partial charge >= 0.3 is 0 Å². The Kier molecular flexibility index (Phi) is 6.42. The summed E-state index contributed by atoms with van der Waals surface area (Å²) in [5, 5.41) is 8.69. The van der Waals surface area contributed by atoms with Crippen LogP contribution < -0.4 is 4.72 Å². The van der Waals surface area contributed by atoms with E-state index in [0.29, 0.717) is 22.7 Å². The average Bonchev–Trinajstić information content (AvgIpc) is 3.55. The number of rotatable bonds is 6. The van der Waals surface area contributed by atoms with Crippen LogP contribution >= 0.6 is 22.9 Å². The highest BCUT2D eigenvalue weighted by atomic mass is 35.5. The molecule has 5 rings (SSSR count). The molecular formula is C26H20ClN3O3S2. The van der Waals surface area contributed by atoms with Crippen LogP contribution in [-0.2, 0) is 10.0 Å². The van der Waals surface area contributed by atoms with Crippen LogP contribution in [0, 0.1) is 0 Å². The number of nitrogens with one attached hydrogen (secondary N) is 1. The van der Waals surface area contributed by atoms with Crippen LogP contribution in [0.5, 0.6) is 0 Å². The molecule has 9 heteroatoms. The van der Waals surface area contributed by atoms with Gasteiger partial charge < -0.3 is 0 Å². The third-order valence-electron chi connectivity index (χ3n) is 5.61. The molecule has 4 aromatic rings. The first-order valence-corrected chi connectivity index (χ1v) is 13.5. The molecule has 2 heterocycles. The molecule has 35 heavy (non-hydrogen) atoms. The molecule has 6 nitrogen and oxygen atoms in total. The minimum Gasteiger partial charge on any atom is -0.280 e. The molecule has 0 saturated carbocycles. The fourth-order valence-corrected chi connectivity index (χ4v) is 5.84. The number of hydrogen-bond acceptors (Lipinski definition) is 5. The maximum absolute atomic E-state index is 13.2. The Morgan fingerprint density at radius 1 is 0.943 bits per heavy atom. The van der Waals surface area contributed by atoms with Gasteiger partial charge in [0.15, 0.2) is 0 Å². The summed E-state index contributed by atoms with van der Waals surface area (Å²) < 4.78 is 27.9. The van der Waals surface area contributed by atoms with Crippen molar-refractivity contribution in [1.29, 1.82) is 0 Å². The van der Waals surface area contributed by atoms with Gasteiger partial charge in [0.1, 0.15) is 0 Å². The maximum Gasteiger partial charge on any atom is 0.274 e. The molecular weight excluding hydrogens is 502 g/mol. The van der Waals surface area contributed by atoms with E-state index in [9.17, 15) is 13.2 Å². The second kappa shape index (κ2) is 9.65. The summed E-state index contributed by atoms with van der Waals surface area (Å²) in [4.78, 5) is 14.4. The zero-order valence-corrected chi connectivity index (χ0v) is 20.7. The lowest BCUT2D eigenvalue weighted by Gasteiger charge is -2.20. The van der Waals surface area contributed by atoms with Gasteiger partial charge in [-0.3, -0.25) is 9.52 Å². The van der Waals surface area contributed by atoms with Gasteiger partial charge in [0.05, 0.1) is 16.6 Å². The van der Waals surface area contributed by atoms with Crippen molar-refractivity contribution in [2.45, 2.75) is 17.4 Å². The van der Waals surface area contributed by atoms with Gasteiger partial charge in [0.25, 0.3) is 15.9 Å². The molecule has 3 aromatic carbocycles. The molecule has 1 N–H and O–H groups in total. The number of halogens is 1. The Morgan fingerprint density at radius 3 is 2.31 bits per heavy atom. The van der Waals surface area contributed by atoms with Crippen LogP contribution in [0.15, 0.2) is 106 Å². The van der Waals surface area contributed by atoms with Gasteiger partial charge in [-0.1, -0.05) is 48.0 Å². The number of anilines is 1. The van der Waals surface area contributed by atoms with E-state index in [2.05, 4.69) is 9.82 Å². The SMILES string of the molecule is O=C(c1ccccc1)N1N=C(c2ccc(NS(=O)(=O)c3ccc(Cl)cc3)cc2)CC1c1cccs1. The Labute approximate surface area is 212 Å². The predicted molar refractivity (Wildman–Crippen MR) is 140 cm³/mol. The molecule has 176 valence electrons. The van der Waals surface area contributed by atoms with Crippen LogP contribution in [-0.4, -0.2) is 25.0 Å². The van der Waals surface area contributed by atoms with E-state index in [1.807, 2.05) is 35.7 Å². The number of amides is 1. The van der Waals surface area contributed by atoms with Crippen LogP contribution in [0.2, 0.25) is 5.02 Å². The molecule has 0 saturated heterocycles. The number of hydrazone groups is 1.